The van der Waals surface area contributed by atoms with Crippen LogP contribution in [0.1, 0.15) is 38.1 Å². The Hall–Kier alpha value is -1.41. The number of sulfonamides is 1. The smallest absolute Gasteiger partial charge is 0.303 e. The molecule has 7 nitrogen and oxygen atoms in total. The number of carbonyl (C=O) groups is 1. The molecular weight excluding hydrogens is 284 g/mol. The fourth-order valence-corrected chi connectivity index (χ4v) is 3.97. The molecule has 1 aromatic rings. The molecule has 0 aliphatic carbocycles. The molecule has 0 amide bonds. The number of aromatic nitrogens is 1. The molecule has 0 atom stereocenters. The molecule has 0 aromatic carbocycles. The fourth-order valence-electron chi connectivity index (χ4n) is 2.00. The summed E-state index contributed by atoms with van der Waals surface area (Å²) < 4.78 is 31.4. The zero-order valence-corrected chi connectivity index (χ0v) is 12.9. The first-order valence-corrected chi connectivity index (χ1v) is 7.78. The van der Waals surface area contributed by atoms with Crippen LogP contribution in [0.3, 0.4) is 0 Å². The number of carboxylic acids is 1. The Kier molecular flexibility index (Phi) is 5.29. The summed E-state index contributed by atoms with van der Waals surface area (Å²) in [6.45, 7) is 6.76. The van der Waals surface area contributed by atoms with Gasteiger partial charge < -0.3 is 9.63 Å². The monoisotopic (exact) mass is 304 g/mol. The highest BCUT2D eigenvalue weighted by Crippen LogP contribution is 2.25. The van der Waals surface area contributed by atoms with Gasteiger partial charge in [-0.25, -0.2) is 8.42 Å². The molecule has 0 unspecified atom stereocenters. The second kappa shape index (κ2) is 6.36. The van der Waals surface area contributed by atoms with Crippen molar-refractivity contribution in [2.75, 3.05) is 6.54 Å². The fraction of sp³-hybridized carbons (Fsp3) is 0.667. The van der Waals surface area contributed by atoms with E-state index in [0.717, 1.165) is 0 Å². The van der Waals surface area contributed by atoms with E-state index in [-0.39, 0.29) is 36.1 Å². The lowest BCUT2D eigenvalue weighted by molar-refractivity contribution is -0.137. The average molecular weight is 304 g/mol. The van der Waals surface area contributed by atoms with Gasteiger partial charge in [0.15, 0.2) is 5.76 Å². The normalized spacial score (nSPS) is 12.3. The number of nitrogens with zero attached hydrogens (tertiary/aromatic N) is 2. The van der Waals surface area contributed by atoms with E-state index in [4.69, 9.17) is 9.63 Å². The Bertz CT molecular complexity index is 557. The second-order valence-electron chi connectivity index (χ2n) is 4.86. The van der Waals surface area contributed by atoms with Crippen molar-refractivity contribution in [1.82, 2.24) is 9.46 Å². The van der Waals surface area contributed by atoms with Crippen molar-refractivity contribution in [1.29, 1.82) is 0 Å². The van der Waals surface area contributed by atoms with Crippen molar-refractivity contribution in [2.24, 2.45) is 0 Å². The molecule has 0 aliphatic heterocycles. The van der Waals surface area contributed by atoms with Crippen LogP contribution >= 0.6 is 0 Å². The lowest BCUT2D eigenvalue weighted by Crippen LogP contribution is -2.38. The molecule has 0 saturated heterocycles. The van der Waals surface area contributed by atoms with Gasteiger partial charge in [-0.3, -0.25) is 4.79 Å². The maximum atomic E-state index is 12.6. The van der Waals surface area contributed by atoms with Crippen molar-refractivity contribution in [3.05, 3.63) is 11.5 Å². The van der Waals surface area contributed by atoms with Gasteiger partial charge in [0.25, 0.3) is 0 Å². The van der Waals surface area contributed by atoms with Crippen molar-refractivity contribution in [3.63, 3.8) is 0 Å². The van der Waals surface area contributed by atoms with Crippen LogP contribution in [0.2, 0.25) is 0 Å². The standard InChI is InChI=1S/C12H20N2O5S/c1-8(2)14(7-5-6-11(15)16)20(17,18)12-9(3)13-19-10(12)4/h8H,5-7H2,1-4H3,(H,15,16). The van der Waals surface area contributed by atoms with Crippen LogP contribution in [0.4, 0.5) is 0 Å². The van der Waals surface area contributed by atoms with Gasteiger partial charge in [0.1, 0.15) is 10.6 Å². The summed E-state index contributed by atoms with van der Waals surface area (Å²) in [6, 6.07) is -0.275. The van der Waals surface area contributed by atoms with Crippen LogP contribution in [-0.4, -0.2) is 41.5 Å². The largest absolute Gasteiger partial charge is 0.481 e. The third-order valence-corrected chi connectivity index (χ3v) is 5.20. The topological polar surface area (TPSA) is 101 Å². The van der Waals surface area contributed by atoms with Gasteiger partial charge >= 0.3 is 5.97 Å². The van der Waals surface area contributed by atoms with Crippen molar-refractivity contribution in [3.8, 4) is 0 Å². The molecule has 0 bridgehead atoms. The molecule has 8 heteroatoms. The van der Waals surface area contributed by atoms with Crippen LogP contribution < -0.4 is 0 Å². The number of carboxylic acid groups (broad SMARTS) is 1. The second-order valence-corrected chi connectivity index (χ2v) is 6.69. The van der Waals surface area contributed by atoms with Crippen LogP contribution in [0, 0.1) is 13.8 Å². The number of aryl methyl sites for hydroxylation is 2. The summed E-state index contributed by atoms with van der Waals surface area (Å²) in [5.74, 6) is -0.699. The first kappa shape index (κ1) is 16.6. The van der Waals surface area contributed by atoms with Gasteiger partial charge in [-0.15, -0.1) is 0 Å². The number of hydrogen-bond acceptors (Lipinski definition) is 5. The Morgan fingerprint density at radius 3 is 2.40 bits per heavy atom. The summed E-state index contributed by atoms with van der Waals surface area (Å²) in [5, 5.41) is 12.3. The summed E-state index contributed by atoms with van der Waals surface area (Å²) in [6.07, 6.45) is 0.191. The number of aliphatic carboxylic acids is 1. The van der Waals surface area contributed by atoms with E-state index in [9.17, 15) is 13.2 Å². The molecule has 0 radical (unpaired) electrons. The third kappa shape index (κ3) is 3.57. The predicted molar refractivity (Wildman–Crippen MR) is 71.9 cm³/mol. The molecule has 1 heterocycles. The van der Waals surface area contributed by atoms with Crippen molar-refractivity contribution >= 4 is 16.0 Å². The maximum Gasteiger partial charge on any atom is 0.303 e. The van der Waals surface area contributed by atoms with Crippen molar-refractivity contribution < 1.29 is 22.8 Å². The highest BCUT2D eigenvalue weighted by Gasteiger charge is 2.32. The Labute approximate surface area is 118 Å². The minimum atomic E-state index is -3.73. The van der Waals surface area contributed by atoms with E-state index < -0.39 is 16.0 Å². The molecule has 0 aliphatic rings. The molecular formula is C12H20N2O5S. The van der Waals surface area contributed by atoms with E-state index in [0.29, 0.717) is 5.69 Å². The third-order valence-electron chi connectivity index (χ3n) is 2.88. The molecule has 1 N–H and O–H groups in total. The first-order chi connectivity index (χ1) is 9.17. The van der Waals surface area contributed by atoms with E-state index in [1.807, 2.05) is 0 Å². The Morgan fingerprint density at radius 1 is 1.40 bits per heavy atom. The molecule has 0 spiro atoms. The molecule has 20 heavy (non-hydrogen) atoms. The lowest BCUT2D eigenvalue weighted by Gasteiger charge is -2.25. The molecule has 114 valence electrons. The van der Waals surface area contributed by atoms with Crippen molar-refractivity contribution in [2.45, 2.75) is 51.5 Å². The highest BCUT2D eigenvalue weighted by atomic mass is 32.2. The van der Waals surface area contributed by atoms with Gasteiger partial charge in [0.05, 0.1) is 0 Å². The quantitative estimate of drug-likeness (QED) is 0.820. The average Bonchev–Trinajstić information content (AvgIpc) is 2.63. The zero-order valence-electron chi connectivity index (χ0n) is 12.1. The number of hydrogen-bond donors (Lipinski definition) is 1. The van der Waals surface area contributed by atoms with Gasteiger partial charge in [0, 0.05) is 19.0 Å². The van der Waals surface area contributed by atoms with E-state index in [1.54, 1.807) is 27.7 Å². The minimum absolute atomic E-state index is 0.0691. The van der Waals surface area contributed by atoms with E-state index in [2.05, 4.69) is 5.16 Å². The summed E-state index contributed by atoms with van der Waals surface area (Å²) in [7, 11) is -3.73. The number of rotatable bonds is 7. The highest BCUT2D eigenvalue weighted by molar-refractivity contribution is 7.89. The van der Waals surface area contributed by atoms with Crippen LogP contribution in [0.25, 0.3) is 0 Å². The SMILES string of the molecule is Cc1noc(C)c1S(=O)(=O)N(CCCC(=O)O)C(C)C. The minimum Gasteiger partial charge on any atom is -0.481 e. The molecule has 1 aromatic heterocycles. The molecule has 0 saturated carbocycles. The van der Waals surface area contributed by atoms with Crippen LogP contribution in [0.5, 0.6) is 0 Å². The van der Waals surface area contributed by atoms with Crippen LogP contribution in [0.15, 0.2) is 9.42 Å². The molecule has 1 rings (SSSR count). The first-order valence-electron chi connectivity index (χ1n) is 6.34. The van der Waals surface area contributed by atoms with Gasteiger partial charge in [0.2, 0.25) is 10.0 Å². The predicted octanol–water partition coefficient (Wildman–Crippen LogP) is 1.56. The van der Waals surface area contributed by atoms with Crippen LogP contribution in [-0.2, 0) is 14.8 Å². The van der Waals surface area contributed by atoms with E-state index >= 15 is 0 Å². The Morgan fingerprint density at radius 2 is 2.00 bits per heavy atom. The van der Waals surface area contributed by atoms with Gasteiger partial charge in [-0.05, 0) is 34.1 Å². The summed E-state index contributed by atoms with van der Waals surface area (Å²) >= 11 is 0. The lowest BCUT2D eigenvalue weighted by atomic mass is 10.3. The maximum absolute atomic E-state index is 12.6. The summed E-state index contributed by atoms with van der Waals surface area (Å²) in [5.41, 5.74) is 0.311. The zero-order chi connectivity index (χ0) is 15.5. The Balaban J connectivity index is 3.04. The molecule has 0 fully saturated rings. The van der Waals surface area contributed by atoms with Gasteiger partial charge in [-0.1, -0.05) is 5.16 Å². The van der Waals surface area contributed by atoms with E-state index in [1.165, 1.54) is 4.31 Å². The van der Waals surface area contributed by atoms with Gasteiger partial charge in [-0.2, -0.15) is 4.31 Å². The summed E-state index contributed by atoms with van der Waals surface area (Å²) in [4.78, 5) is 10.6.